The van der Waals surface area contributed by atoms with Gasteiger partial charge in [0.15, 0.2) is 0 Å². The van der Waals surface area contributed by atoms with Crippen LogP contribution >= 0.6 is 0 Å². The Labute approximate surface area is 143 Å². The van der Waals surface area contributed by atoms with E-state index in [-0.39, 0.29) is 13.0 Å². The van der Waals surface area contributed by atoms with Gasteiger partial charge in [-0.2, -0.15) is 0 Å². The van der Waals surface area contributed by atoms with E-state index < -0.39 is 49.4 Å². The molecule has 0 spiro atoms. The number of ether oxygens (including phenoxy) is 1. The van der Waals surface area contributed by atoms with Gasteiger partial charge in [-0.05, 0) is 12.0 Å². The zero-order valence-corrected chi connectivity index (χ0v) is 13.3. The van der Waals surface area contributed by atoms with Crippen LogP contribution in [0, 0.1) is 0 Å². The number of carboxylic acid groups (broad SMARTS) is 3. The molecule has 1 rings (SSSR count). The second kappa shape index (κ2) is 10.0. The maximum atomic E-state index is 12.3. The highest BCUT2D eigenvalue weighted by Crippen LogP contribution is 2.12. The Morgan fingerprint density at radius 2 is 1.48 bits per heavy atom. The van der Waals surface area contributed by atoms with Crippen molar-refractivity contribution in [1.82, 2.24) is 4.90 Å². The zero-order valence-electron chi connectivity index (χ0n) is 13.3. The molecule has 0 saturated heterocycles. The normalized spacial score (nSPS) is 11.7. The zero-order chi connectivity index (χ0) is 18.8. The largest absolute Gasteiger partial charge is 0.481 e. The predicted octanol–water partition coefficient (Wildman–Crippen LogP) is 0.434. The van der Waals surface area contributed by atoms with E-state index in [4.69, 9.17) is 20.1 Å². The number of nitrogens with zero attached hydrogens (tertiary/aromatic N) is 1. The Balaban J connectivity index is 2.86. The Bertz CT molecular complexity index is 600. The van der Waals surface area contributed by atoms with Gasteiger partial charge >= 0.3 is 23.9 Å². The van der Waals surface area contributed by atoms with Crippen molar-refractivity contribution in [2.24, 2.45) is 0 Å². The molecule has 0 saturated carbocycles. The number of aliphatic carboxylic acids is 3. The first-order valence-electron chi connectivity index (χ1n) is 7.39. The molecule has 0 aliphatic rings. The number of rotatable bonds is 11. The molecule has 1 aromatic carbocycles. The molecule has 0 aliphatic carbocycles. The molecule has 9 heteroatoms. The first-order valence-corrected chi connectivity index (χ1v) is 7.39. The van der Waals surface area contributed by atoms with Crippen molar-refractivity contribution < 1.29 is 39.2 Å². The van der Waals surface area contributed by atoms with Crippen LogP contribution in [0.25, 0.3) is 0 Å². The third-order valence-electron chi connectivity index (χ3n) is 3.25. The van der Waals surface area contributed by atoms with Gasteiger partial charge in [0.2, 0.25) is 0 Å². The van der Waals surface area contributed by atoms with E-state index in [9.17, 15) is 19.2 Å². The van der Waals surface area contributed by atoms with E-state index in [1.807, 2.05) is 0 Å². The quantitative estimate of drug-likeness (QED) is 0.483. The van der Waals surface area contributed by atoms with E-state index in [0.717, 1.165) is 4.90 Å². The molecular formula is C16H19NO8. The van der Waals surface area contributed by atoms with Crippen LogP contribution in [0.5, 0.6) is 0 Å². The topological polar surface area (TPSA) is 141 Å². The number of benzene rings is 1. The first kappa shape index (κ1) is 20.1. The van der Waals surface area contributed by atoms with Crippen LogP contribution in [0.4, 0.5) is 0 Å². The van der Waals surface area contributed by atoms with Crippen molar-refractivity contribution >= 4 is 23.9 Å². The fourth-order valence-electron chi connectivity index (χ4n) is 2.16. The lowest BCUT2D eigenvalue weighted by molar-refractivity contribution is -0.155. The van der Waals surface area contributed by atoms with Gasteiger partial charge < -0.3 is 20.1 Å². The molecule has 0 unspecified atom stereocenters. The van der Waals surface area contributed by atoms with Crippen LogP contribution in [-0.2, 0) is 30.5 Å². The van der Waals surface area contributed by atoms with Crippen molar-refractivity contribution in [2.75, 3.05) is 13.1 Å². The van der Waals surface area contributed by atoms with Crippen molar-refractivity contribution in [3.05, 3.63) is 35.9 Å². The highest BCUT2D eigenvalue weighted by Gasteiger charge is 2.31. The van der Waals surface area contributed by atoms with Crippen LogP contribution < -0.4 is 0 Å². The summed E-state index contributed by atoms with van der Waals surface area (Å²) in [5.74, 6) is -4.73. The predicted molar refractivity (Wildman–Crippen MR) is 83.7 cm³/mol. The minimum Gasteiger partial charge on any atom is -0.481 e. The van der Waals surface area contributed by atoms with Gasteiger partial charge in [0.25, 0.3) is 0 Å². The summed E-state index contributed by atoms with van der Waals surface area (Å²) in [5.41, 5.74) is 0.691. The molecule has 0 aliphatic heterocycles. The van der Waals surface area contributed by atoms with Gasteiger partial charge in [-0.15, -0.1) is 0 Å². The Morgan fingerprint density at radius 3 is 1.96 bits per heavy atom. The highest BCUT2D eigenvalue weighted by molar-refractivity contribution is 5.80. The maximum Gasteiger partial charge on any atom is 0.323 e. The molecule has 0 aromatic heterocycles. The SMILES string of the molecule is O=C(O)CC[C@@H](C(=O)OCc1ccccc1)N(CC(=O)O)CC(=O)O. The third-order valence-corrected chi connectivity index (χ3v) is 3.25. The molecule has 0 fully saturated rings. The first-order chi connectivity index (χ1) is 11.8. The number of carbonyl (C=O) groups is 4. The molecule has 0 bridgehead atoms. The van der Waals surface area contributed by atoms with Crippen molar-refractivity contribution in [1.29, 1.82) is 0 Å². The van der Waals surface area contributed by atoms with E-state index in [2.05, 4.69) is 0 Å². The Hall–Kier alpha value is -2.94. The maximum absolute atomic E-state index is 12.3. The number of esters is 1. The van der Waals surface area contributed by atoms with Crippen LogP contribution in [0.3, 0.4) is 0 Å². The average Bonchev–Trinajstić information content (AvgIpc) is 2.52. The lowest BCUT2D eigenvalue weighted by Crippen LogP contribution is -2.47. The molecule has 3 N–H and O–H groups in total. The Morgan fingerprint density at radius 1 is 0.920 bits per heavy atom. The summed E-state index contributed by atoms with van der Waals surface area (Å²) in [6, 6.07) is 7.41. The molecule has 0 radical (unpaired) electrons. The fraction of sp³-hybridized carbons (Fsp3) is 0.375. The number of carboxylic acids is 3. The number of carbonyl (C=O) groups excluding carboxylic acids is 1. The van der Waals surface area contributed by atoms with Gasteiger partial charge in [-0.25, -0.2) is 0 Å². The second-order valence-electron chi connectivity index (χ2n) is 5.23. The van der Waals surface area contributed by atoms with Crippen LogP contribution in [-0.4, -0.2) is 63.2 Å². The number of hydrogen-bond donors (Lipinski definition) is 3. The summed E-state index contributed by atoms with van der Waals surface area (Å²) in [5, 5.41) is 26.6. The highest BCUT2D eigenvalue weighted by atomic mass is 16.5. The van der Waals surface area contributed by atoms with Gasteiger partial charge in [0.1, 0.15) is 12.6 Å². The van der Waals surface area contributed by atoms with Crippen molar-refractivity contribution in [2.45, 2.75) is 25.5 Å². The molecule has 25 heavy (non-hydrogen) atoms. The van der Waals surface area contributed by atoms with Gasteiger partial charge in [-0.1, -0.05) is 30.3 Å². The molecule has 9 nitrogen and oxygen atoms in total. The van der Waals surface area contributed by atoms with Crippen LogP contribution in [0.15, 0.2) is 30.3 Å². The molecule has 0 heterocycles. The summed E-state index contributed by atoms with van der Waals surface area (Å²) < 4.78 is 5.11. The molecular weight excluding hydrogens is 334 g/mol. The van der Waals surface area contributed by atoms with Gasteiger partial charge in [0.05, 0.1) is 13.1 Å². The standard InChI is InChI=1S/C16H19NO8/c18-13(19)7-6-12(17(8-14(20)21)9-15(22)23)16(24)25-10-11-4-2-1-3-5-11/h1-5,12H,6-10H2,(H,18,19)(H,20,21)(H,22,23)/t12-/m0/s1. The fourth-order valence-corrected chi connectivity index (χ4v) is 2.16. The molecule has 1 aromatic rings. The third kappa shape index (κ3) is 7.93. The molecule has 0 amide bonds. The summed E-state index contributed by atoms with van der Waals surface area (Å²) >= 11 is 0. The second-order valence-corrected chi connectivity index (χ2v) is 5.23. The van der Waals surface area contributed by atoms with Gasteiger partial charge in [0, 0.05) is 6.42 Å². The average molecular weight is 353 g/mol. The van der Waals surface area contributed by atoms with E-state index >= 15 is 0 Å². The van der Waals surface area contributed by atoms with E-state index in [1.165, 1.54) is 0 Å². The summed E-state index contributed by atoms with van der Waals surface area (Å²) in [6.07, 6.45) is -0.690. The van der Waals surface area contributed by atoms with E-state index in [1.54, 1.807) is 30.3 Å². The lowest BCUT2D eigenvalue weighted by Gasteiger charge is -2.27. The number of hydrogen-bond acceptors (Lipinski definition) is 6. The summed E-state index contributed by atoms with van der Waals surface area (Å²) in [6.45, 7) is -1.54. The van der Waals surface area contributed by atoms with E-state index in [0.29, 0.717) is 5.56 Å². The molecule has 136 valence electrons. The Kier molecular flexibility index (Phi) is 8.07. The lowest BCUT2D eigenvalue weighted by atomic mass is 10.1. The minimum absolute atomic E-state index is 0.0861. The summed E-state index contributed by atoms with van der Waals surface area (Å²) in [7, 11) is 0. The monoisotopic (exact) mass is 353 g/mol. The van der Waals surface area contributed by atoms with Crippen LogP contribution in [0.2, 0.25) is 0 Å². The summed E-state index contributed by atoms with van der Waals surface area (Å²) in [4.78, 5) is 45.8. The van der Waals surface area contributed by atoms with Gasteiger partial charge in [-0.3, -0.25) is 24.1 Å². The van der Waals surface area contributed by atoms with Crippen molar-refractivity contribution in [3.8, 4) is 0 Å². The molecule has 1 atom stereocenters. The van der Waals surface area contributed by atoms with Crippen LogP contribution in [0.1, 0.15) is 18.4 Å². The van der Waals surface area contributed by atoms with Crippen molar-refractivity contribution in [3.63, 3.8) is 0 Å². The smallest absolute Gasteiger partial charge is 0.323 e. The minimum atomic E-state index is -1.34.